The SMILES string of the molecule is COc1ccc([C@@H]2Nc3ccccc3C(=O)N2Cc2ccccc2)cc1CN1C(=O)c2ccccc2C1=O. The van der Waals surface area contributed by atoms with Gasteiger partial charge < -0.3 is 15.0 Å². The topological polar surface area (TPSA) is 79.0 Å². The van der Waals surface area contributed by atoms with E-state index in [-0.39, 0.29) is 24.3 Å². The predicted octanol–water partition coefficient (Wildman–Crippen LogP) is 5.26. The number of fused-ring (bicyclic) bond motifs is 2. The van der Waals surface area contributed by atoms with Gasteiger partial charge in [-0.3, -0.25) is 19.3 Å². The Labute approximate surface area is 220 Å². The average molecular weight is 504 g/mol. The molecule has 3 amide bonds. The van der Waals surface area contributed by atoms with E-state index in [2.05, 4.69) is 5.32 Å². The Morgan fingerprint density at radius 3 is 2.03 bits per heavy atom. The first-order valence-corrected chi connectivity index (χ1v) is 12.4. The van der Waals surface area contributed by atoms with Gasteiger partial charge in [-0.1, -0.05) is 60.7 Å². The van der Waals surface area contributed by atoms with Gasteiger partial charge in [0.1, 0.15) is 11.9 Å². The number of anilines is 1. The molecule has 7 nitrogen and oxygen atoms in total. The number of rotatable bonds is 6. The molecule has 0 bridgehead atoms. The lowest BCUT2D eigenvalue weighted by Gasteiger charge is -2.38. The van der Waals surface area contributed by atoms with Crippen LogP contribution < -0.4 is 10.1 Å². The van der Waals surface area contributed by atoms with Gasteiger partial charge in [0.05, 0.1) is 30.3 Å². The minimum Gasteiger partial charge on any atom is -0.496 e. The molecule has 1 atom stereocenters. The van der Waals surface area contributed by atoms with Crippen molar-refractivity contribution in [3.63, 3.8) is 0 Å². The van der Waals surface area contributed by atoms with Crippen LogP contribution in [-0.4, -0.2) is 34.6 Å². The maximum atomic E-state index is 13.7. The highest BCUT2D eigenvalue weighted by atomic mass is 16.5. The number of para-hydroxylation sites is 1. The predicted molar refractivity (Wildman–Crippen MR) is 143 cm³/mol. The fourth-order valence-electron chi connectivity index (χ4n) is 5.14. The minimum absolute atomic E-state index is 0.0549. The summed E-state index contributed by atoms with van der Waals surface area (Å²) in [5.41, 5.74) is 4.66. The highest BCUT2D eigenvalue weighted by Crippen LogP contribution is 2.36. The summed E-state index contributed by atoms with van der Waals surface area (Å²) in [6.07, 6.45) is -0.468. The van der Waals surface area contributed by atoms with E-state index in [1.54, 1.807) is 36.3 Å². The molecule has 0 saturated heterocycles. The Kier molecular flexibility index (Phi) is 5.88. The van der Waals surface area contributed by atoms with Crippen molar-refractivity contribution in [2.75, 3.05) is 12.4 Å². The summed E-state index contributed by atoms with van der Waals surface area (Å²) in [6.45, 7) is 0.463. The Balaban J connectivity index is 1.37. The zero-order valence-corrected chi connectivity index (χ0v) is 20.8. The molecule has 188 valence electrons. The van der Waals surface area contributed by atoms with Crippen molar-refractivity contribution < 1.29 is 19.1 Å². The minimum atomic E-state index is -0.468. The van der Waals surface area contributed by atoms with Gasteiger partial charge >= 0.3 is 0 Å². The molecule has 0 spiro atoms. The number of imide groups is 1. The first-order chi connectivity index (χ1) is 18.5. The van der Waals surface area contributed by atoms with Gasteiger partial charge in [-0.05, 0) is 47.5 Å². The van der Waals surface area contributed by atoms with E-state index in [1.807, 2.05) is 72.8 Å². The molecule has 0 saturated carbocycles. The summed E-state index contributed by atoms with van der Waals surface area (Å²) >= 11 is 0. The summed E-state index contributed by atoms with van der Waals surface area (Å²) in [4.78, 5) is 42.8. The molecule has 0 aromatic heterocycles. The van der Waals surface area contributed by atoms with Crippen molar-refractivity contribution in [3.05, 3.63) is 130 Å². The van der Waals surface area contributed by atoms with Gasteiger partial charge in [0.25, 0.3) is 17.7 Å². The molecule has 4 aromatic carbocycles. The number of ether oxygens (including phenoxy) is 1. The van der Waals surface area contributed by atoms with Gasteiger partial charge in [0, 0.05) is 17.8 Å². The van der Waals surface area contributed by atoms with Gasteiger partial charge in [-0.15, -0.1) is 0 Å². The van der Waals surface area contributed by atoms with Gasteiger partial charge in [0.2, 0.25) is 0 Å². The summed E-state index contributed by atoms with van der Waals surface area (Å²) in [5, 5.41) is 3.52. The standard InChI is InChI=1S/C31H25N3O4/c1-38-27-16-15-21(17-22(27)19-34-29(35)23-11-5-6-12-24(23)30(34)36)28-32-26-14-8-7-13-25(26)31(37)33(28)18-20-9-3-2-4-10-20/h2-17,28,32H,18-19H2,1H3/t28-/m1/s1. The van der Waals surface area contributed by atoms with Crippen LogP contribution in [0.1, 0.15) is 53.9 Å². The highest BCUT2D eigenvalue weighted by Gasteiger charge is 2.37. The summed E-state index contributed by atoms with van der Waals surface area (Å²) in [7, 11) is 1.56. The molecule has 0 radical (unpaired) electrons. The van der Waals surface area contributed by atoms with Crippen molar-refractivity contribution in [3.8, 4) is 5.75 Å². The smallest absolute Gasteiger partial charge is 0.261 e. The van der Waals surface area contributed by atoms with Crippen molar-refractivity contribution in [1.29, 1.82) is 0 Å². The van der Waals surface area contributed by atoms with Crippen LogP contribution in [0.4, 0.5) is 5.69 Å². The Bertz CT molecular complexity index is 1530. The number of nitrogens with zero attached hydrogens (tertiary/aromatic N) is 2. The second-order valence-corrected chi connectivity index (χ2v) is 9.32. The number of benzene rings is 4. The van der Waals surface area contributed by atoms with E-state index in [0.29, 0.717) is 34.5 Å². The van der Waals surface area contributed by atoms with E-state index in [0.717, 1.165) is 16.8 Å². The fourth-order valence-corrected chi connectivity index (χ4v) is 5.14. The fraction of sp³-hybridized carbons (Fsp3) is 0.129. The lowest BCUT2D eigenvalue weighted by atomic mass is 10.0. The van der Waals surface area contributed by atoms with Crippen molar-refractivity contribution in [2.45, 2.75) is 19.3 Å². The zero-order chi connectivity index (χ0) is 26.2. The molecule has 2 aliphatic heterocycles. The van der Waals surface area contributed by atoms with E-state index < -0.39 is 6.17 Å². The molecular formula is C31H25N3O4. The normalized spacial score (nSPS) is 16.2. The van der Waals surface area contributed by atoms with Crippen molar-refractivity contribution in [2.24, 2.45) is 0 Å². The molecule has 38 heavy (non-hydrogen) atoms. The quantitative estimate of drug-likeness (QED) is 0.363. The van der Waals surface area contributed by atoms with Crippen LogP contribution in [0.3, 0.4) is 0 Å². The second-order valence-electron chi connectivity index (χ2n) is 9.32. The maximum Gasteiger partial charge on any atom is 0.261 e. The molecule has 4 aromatic rings. The molecule has 2 heterocycles. The van der Waals surface area contributed by atoms with Crippen LogP contribution in [0.25, 0.3) is 0 Å². The van der Waals surface area contributed by atoms with E-state index in [9.17, 15) is 14.4 Å². The lowest BCUT2D eigenvalue weighted by molar-refractivity contribution is 0.0640. The van der Waals surface area contributed by atoms with Gasteiger partial charge in [-0.25, -0.2) is 0 Å². The third-order valence-corrected chi connectivity index (χ3v) is 7.04. The molecule has 0 aliphatic carbocycles. The third-order valence-electron chi connectivity index (χ3n) is 7.04. The highest BCUT2D eigenvalue weighted by molar-refractivity contribution is 6.21. The van der Waals surface area contributed by atoms with Gasteiger partial charge in [-0.2, -0.15) is 0 Å². The molecule has 6 rings (SSSR count). The number of methoxy groups -OCH3 is 1. The van der Waals surface area contributed by atoms with Crippen LogP contribution >= 0.6 is 0 Å². The van der Waals surface area contributed by atoms with E-state index >= 15 is 0 Å². The molecule has 0 fully saturated rings. The Morgan fingerprint density at radius 1 is 0.711 bits per heavy atom. The second kappa shape index (κ2) is 9.52. The monoisotopic (exact) mass is 503 g/mol. The summed E-state index contributed by atoms with van der Waals surface area (Å²) < 4.78 is 5.60. The largest absolute Gasteiger partial charge is 0.496 e. The molecule has 0 unspecified atom stereocenters. The van der Waals surface area contributed by atoms with Crippen LogP contribution in [0.5, 0.6) is 5.75 Å². The molecule has 7 heteroatoms. The lowest BCUT2D eigenvalue weighted by Crippen LogP contribution is -2.42. The number of hydrogen-bond donors (Lipinski definition) is 1. The Hall–Kier alpha value is -4.91. The number of hydrogen-bond acceptors (Lipinski definition) is 5. The first kappa shape index (κ1) is 23.5. The number of amides is 3. The summed E-state index contributed by atoms with van der Waals surface area (Å²) in [6, 6.07) is 29.7. The first-order valence-electron chi connectivity index (χ1n) is 12.4. The van der Waals surface area contributed by atoms with Crippen LogP contribution in [-0.2, 0) is 13.1 Å². The van der Waals surface area contributed by atoms with Crippen LogP contribution in [0.2, 0.25) is 0 Å². The van der Waals surface area contributed by atoms with Crippen LogP contribution in [0, 0.1) is 0 Å². The maximum absolute atomic E-state index is 13.7. The molecule has 2 aliphatic rings. The number of carbonyl (C=O) groups is 3. The number of nitrogens with one attached hydrogen (secondary N) is 1. The molecular weight excluding hydrogens is 478 g/mol. The van der Waals surface area contributed by atoms with Crippen molar-refractivity contribution in [1.82, 2.24) is 9.80 Å². The van der Waals surface area contributed by atoms with E-state index in [1.165, 1.54) is 4.90 Å². The average Bonchev–Trinajstić information content (AvgIpc) is 3.20. The number of carbonyl (C=O) groups excluding carboxylic acids is 3. The molecule has 1 N–H and O–H groups in total. The van der Waals surface area contributed by atoms with Crippen molar-refractivity contribution >= 4 is 23.4 Å². The van der Waals surface area contributed by atoms with E-state index in [4.69, 9.17) is 4.74 Å². The third kappa shape index (κ3) is 3.98. The summed E-state index contributed by atoms with van der Waals surface area (Å²) in [5.74, 6) is -0.180. The van der Waals surface area contributed by atoms with Gasteiger partial charge in [0.15, 0.2) is 0 Å². The Morgan fingerprint density at radius 2 is 1.34 bits per heavy atom. The zero-order valence-electron chi connectivity index (χ0n) is 20.8. The van der Waals surface area contributed by atoms with Crippen LogP contribution in [0.15, 0.2) is 97.1 Å².